The monoisotopic (exact) mass is 419 g/mol. The van der Waals surface area contributed by atoms with Gasteiger partial charge in [-0.05, 0) is 23.3 Å². The van der Waals surface area contributed by atoms with Crippen LogP contribution in [0.5, 0.6) is 0 Å². The molecule has 0 saturated carbocycles. The highest BCUT2D eigenvalue weighted by Gasteiger charge is 2.22. The number of carbonyl (C=O) groups is 3. The molecule has 31 heavy (non-hydrogen) atoms. The standard InChI is InChI=1S/C25H22FNO4/c1-31-25(30)22(27-23(28)16-18-9-13-21(26)14-10-18)15-17-7-11-20(12-8-17)24(29)19-5-3-2-4-6-19/h2-14,22H,15-16H2,1H3,(H,27,28)/t22-/m0/s1. The number of amides is 1. The summed E-state index contributed by atoms with van der Waals surface area (Å²) in [5.74, 6) is -1.43. The summed E-state index contributed by atoms with van der Waals surface area (Å²) in [6.07, 6.45) is 0.222. The average molecular weight is 419 g/mol. The van der Waals surface area contributed by atoms with Gasteiger partial charge in [0.15, 0.2) is 5.78 Å². The summed E-state index contributed by atoms with van der Waals surface area (Å²) in [5.41, 5.74) is 2.52. The summed E-state index contributed by atoms with van der Waals surface area (Å²) in [7, 11) is 1.25. The molecule has 0 spiro atoms. The van der Waals surface area contributed by atoms with Gasteiger partial charge in [-0.15, -0.1) is 0 Å². The molecule has 1 amide bonds. The lowest BCUT2D eigenvalue weighted by Gasteiger charge is -2.17. The molecule has 5 nitrogen and oxygen atoms in total. The zero-order valence-electron chi connectivity index (χ0n) is 17.0. The lowest BCUT2D eigenvalue weighted by molar-refractivity contribution is -0.145. The number of benzene rings is 3. The molecule has 0 saturated heterocycles. The number of esters is 1. The lowest BCUT2D eigenvalue weighted by atomic mass is 9.99. The van der Waals surface area contributed by atoms with Gasteiger partial charge in [-0.3, -0.25) is 9.59 Å². The van der Waals surface area contributed by atoms with Crippen LogP contribution >= 0.6 is 0 Å². The van der Waals surface area contributed by atoms with E-state index in [2.05, 4.69) is 5.32 Å². The van der Waals surface area contributed by atoms with Gasteiger partial charge in [0.05, 0.1) is 13.5 Å². The predicted octanol–water partition coefficient (Wildman–Crippen LogP) is 3.50. The summed E-state index contributed by atoms with van der Waals surface area (Å²) in [6.45, 7) is 0. The SMILES string of the molecule is COC(=O)[C@H](Cc1ccc(C(=O)c2ccccc2)cc1)NC(=O)Cc1ccc(F)cc1. The van der Waals surface area contributed by atoms with Crippen LogP contribution in [0, 0.1) is 5.82 Å². The number of carbonyl (C=O) groups excluding carboxylic acids is 3. The Hall–Kier alpha value is -3.80. The van der Waals surface area contributed by atoms with E-state index >= 15 is 0 Å². The van der Waals surface area contributed by atoms with Crippen molar-refractivity contribution in [2.45, 2.75) is 18.9 Å². The molecule has 3 rings (SSSR count). The van der Waals surface area contributed by atoms with Gasteiger partial charge in [0.25, 0.3) is 0 Å². The maximum absolute atomic E-state index is 13.0. The Kier molecular flexibility index (Phi) is 7.27. The Morgan fingerprint density at radius 2 is 1.42 bits per heavy atom. The zero-order valence-corrected chi connectivity index (χ0v) is 17.0. The van der Waals surface area contributed by atoms with E-state index in [1.54, 1.807) is 48.5 Å². The maximum Gasteiger partial charge on any atom is 0.328 e. The van der Waals surface area contributed by atoms with Crippen LogP contribution in [-0.2, 0) is 27.2 Å². The number of methoxy groups -OCH3 is 1. The molecule has 3 aromatic rings. The maximum atomic E-state index is 13.0. The molecule has 1 atom stereocenters. The van der Waals surface area contributed by atoms with Crippen molar-refractivity contribution >= 4 is 17.7 Å². The fourth-order valence-electron chi connectivity index (χ4n) is 3.15. The Bertz CT molecular complexity index is 1050. The van der Waals surface area contributed by atoms with Gasteiger partial charge in [-0.25, -0.2) is 9.18 Å². The minimum absolute atomic E-state index is 0.0122. The third-order valence-electron chi connectivity index (χ3n) is 4.79. The number of hydrogen-bond acceptors (Lipinski definition) is 4. The minimum atomic E-state index is -0.881. The van der Waals surface area contributed by atoms with Crippen molar-refractivity contribution in [1.82, 2.24) is 5.32 Å². The van der Waals surface area contributed by atoms with Crippen LogP contribution in [0.1, 0.15) is 27.0 Å². The number of halogens is 1. The number of nitrogens with one attached hydrogen (secondary N) is 1. The van der Waals surface area contributed by atoms with Crippen LogP contribution < -0.4 is 5.32 Å². The average Bonchev–Trinajstić information content (AvgIpc) is 2.80. The van der Waals surface area contributed by atoms with Crippen molar-refractivity contribution in [2.24, 2.45) is 0 Å². The molecule has 0 bridgehead atoms. The molecule has 0 radical (unpaired) electrons. The number of ketones is 1. The second-order valence-electron chi connectivity index (χ2n) is 7.04. The molecule has 0 aliphatic carbocycles. The van der Waals surface area contributed by atoms with Crippen LogP contribution in [0.25, 0.3) is 0 Å². The molecule has 0 aromatic heterocycles. The molecule has 1 N–H and O–H groups in total. The minimum Gasteiger partial charge on any atom is -0.467 e. The van der Waals surface area contributed by atoms with Gasteiger partial charge < -0.3 is 10.1 Å². The van der Waals surface area contributed by atoms with Crippen molar-refractivity contribution in [3.63, 3.8) is 0 Å². The fourth-order valence-corrected chi connectivity index (χ4v) is 3.15. The van der Waals surface area contributed by atoms with E-state index in [0.29, 0.717) is 16.7 Å². The van der Waals surface area contributed by atoms with E-state index in [0.717, 1.165) is 5.56 Å². The Labute approximate surface area is 179 Å². The number of ether oxygens (including phenoxy) is 1. The first-order valence-electron chi connectivity index (χ1n) is 9.76. The molecule has 158 valence electrons. The highest BCUT2D eigenvalue weighted by atomic mass is 19.1. The molecule has 0 aliphatic rings. The van der Waals surface area contributed by atoms with Gasteiger partial charge in [0.2, 0.25) is 5.91 Å². The molecule has 6 heteroatoms. The third-order valence-corrected chi connectivity index (χ3v) is 4.79. The third kappa shape index (κ3) is 6.09. The van der Waals surface area contributed by atoms with E-state index in [1.165, 1.54) is 31.4 Å². The lowest BCUT2D eigenvalue weighted by Crippen LogP contribution is -2.43. The van der Waals surface area contributed by atoms with Crippen molar-refractivity contribution in [1.29, 1.82) is 0 Å². The van der Waals surface area contributed by atoms with Gasteiger partial charge in [-0.2, -0.15) is 0 Å². The normalized spacial score (nSPS) is 11.4. The summed E-state index contributed by atoms with van der Waals surface area (Å²) >= 11 is 0. The van der Waals surface area contributed by atoms with Gasteiger partial charge >= 0.3 is 5.97 Å². The first-order valence-corrected chi connectivity index (χ1v) is 9.76. The highest BCUT2D eigenvalue weighted by molar-refractivity contribution is 6.08. The summed E-state index contributed by atoms with van der Waals surface area (Å²) < 4.78 is 17.8. The van der Waals surface area contributed by atoms with E-state index in [1.807, 2.05) is 6.07 Å². The second-order valence-corrected chi connectivity index (χ2v) is 7.04. The molecular formula is C25H22FNO4. The van der Waals surface area contributed by atoms with Crippen molar-refractivity contribution in [3.8, 4) is 0 Å². The zero-order chi connectivity index (χ0) is 22.2. The smallest absolute Gasteiger partial charge is 0.328 e. The van der Waals surface area contributed by atoms with Gasteiger partial charge in [0, 0.05) is 17.5 Å². The Morgan fingerprint density at radius 3 is 2.03 bits per heavy atom. The molecule has 0 heterocycles. The van der Waals surface area contributed by atoms with Gasteiger partial charge in [-0.1, -0.05) is 66.7 Å². The summed E-state index contributed by atoms with van der Waals surface area (Å²) in [6, 6.07) is 20.5. The first kappa shape index (κ1) is 21.9. The molecular weight excluding hydrogens is 397 g/mol. The van der Waals surface area contributed by atoms with Crippen molar-refractivity contribution < 1.29 is 23.5 Å². The first-order chi connectivity index (χ1) is 15.0. The van der Waals surface area contributed by atoms with Crippen LogP contribution in [0.3, 0.4) is 0 Å². The van der Waals surface area contributed by atoms with Crippen LogP contribution in [0.4, 0.5) is 4.39 Å². The second kappa shape index (κ2) is 10.3. The highest BCUT2D eigenvalue weighted by Crippen LogP contribution is 2.13. The van der Waals surface area contributed by atoms with E-state index in [9.17, 15) is 18.8 Å². The van der Waals surface area contributed by atoms with Crippen molar-refractivity contribution in [3.05, 3.63) is 107 Å². The molecule has 3 aromatic carbocycles. The van der Waals surface area contributed by atoms with E-state index < -0.39 is 12.0 Å². The topological polar surface area (TPSA) is 72.5 Å². The Balaban J connectivity index is 1.66. The number of rotatable bonds is 8. The fraction of sp³-hybridized carbons (Fsp3) is 0.160. The van der Waals surface area contributed by atoms with Crippen LogP contribution in [-0.4, -0.2) is 30.8 Å². The van der Waals surface area contributed by atoms with Crippen LogP contribution in [0.15, 0.2) is 78.9 Å². The Morgan fingerprint density at radius 1 is 0.839 bits per heavy atom. The summed E-state index contributed by atoms with van der Waals surface area (Å²) in [4.78, 5) is 37.0. The molecule has 0 aliphatic heterocycles. The largest absolute Gasteiger partial charge is 0.467 e. The predicted molar refractivity (Wildman–Crippen MR) is 114 cm³/mol. The molecule has 0 fully saturated rings. The van der Waals surface area contributed by atoms with Gasteiger partial charge in [0.1, 0.15) is 11.9 Å². The quantitative estimate of drug-likeness (QED) is 0.448. The van der Waals surface area contributed by atoms with Crippen LogP contribution in [0.2, 0.25) is 0 Å². The van der Waals surface area contributed by atoms with E-state index in [4.69, 9.17) is 4.74 Å². The van der Waals surface area contributed by atoms with E-state index in [-0.39, 0.29) is 30.3 Å². The summed E-state index contributed by atoms with van der Waals surface area (Å²) in [5, 5.41) is 2.67. The number of hydrogen-bond donors (Lipinski definition) is 1. The van der Waals surface area contributed by atoms with Crippen molar-refractivity contribution in [2.75, 3.05) is 7.11 Å². The molecule has 0 unspecified atom stereocenters.